The van der Waals surface area contributed by atoms with Crippen LogP contribution >= 0.6 is 0 Å². The molecule has 0 spiro atoms. The van der Waals surface area contributed by atoms with Gasteiger partial charge < -0.3 is 0 Å². The van der Waals surface area contributed by atoms with Gasteiger partial charge >= 0.3 is 6.17 Å². The number of allylic oxidation sites excluding steroid dienone is 1. The summed E-state index contributed by atoms with van der Waals surface area (Å²) in [5.41, 5.74) is 2.44. The first kappa shape index (κ1) is 8.35. The monoisotopic (exact) mass is 176 g/mol. The molecule has 2 aliphatic rings. The van der Waals surface area contributed by atoms with Crippen molar-refractivity contribution in [2.45, 2.75) is 26.9 Å². The standard InChI is InChI=1S/C10H14N3/c1-7(2)9-5-12-13-6-8(3)4-11-10(9)13/h4-7,10H,1-3H3/q+1. The molecule has 1 atom stereocenters. The lowest BCUT2D eigenvalue weighted by atomic mass is 10.0. The maximum atomic E-state index is 4.45. The minimum Gasteiger partial charge on any atom is -0.219 e. The van der Waals surface area contributed by atoms with Gasteiger partial charge in [-0.3, -0.25) is 0 Å². The first-order chi connectivity index (χ1) is 6.18. The second-order valence-corrected chi connectivity index (χ2v) is 3.80. The van der Waals surface area contributed by atoms with Crippen molar-refractivity contribution in [2.24, 2.45) is 16.0 Å². The third-order valence-electron chi connectivity index (χ3n) is 2.31. The molecule has 2 rings (SSSR count). The van der Waals surface area contributed by atoms with Crippen molar-refractivity contribution in [1.82, 2.24) is 0 Å². The van der Waals surface area contributed by atoms with Crippen LogP contribution in [0.3, 0.4) is 0 Å². The van der Waals surface area contributed by atoms with Gasteiger partial charge in [-0.25, -0.2) is 4.99 Å². The number of fused-ring (bicyclic) bond motifs is 1. The SMILES string of the molecule is CC1=C[N+]2=NC=C(C(C)C)C2N=C1. The summed E-state index contributed by atoms with van der Waals surface area (Å²) in [5.74, 6) is 0.516. The summed E-state index contributed by atoms with van der Waals surface area (Å²) < 4.78 is 1.92. The average molecular weight is 176 g/mol. The number of nitrogens with zero attached hydrogens (tertiary/aromatic N) is 3. The van der Waals surface area contributed by atoms with Crippen LogP contribution in [0, 0.1) is 5.92 Å². The maximum absolute atomic E-state index is 4.45. The van der Waals surface area contributed by atoms with Gasteiger partial charge in [-0.05, 0) is 18.0 Å². The Morgan fingerprint density at radius 3 is 2.92 bits per heavy atom. The van der Waals surface area contributed by atoms with Crippen molar-refractivity contribution >= 4 is 6.21 Å². The van der Waals surface area contributed by atoms with Crippen LogP contribution < -0.4 is 0 Å². The van der Waals surface area contributed by atoms with Crippen LogP contribution in [-0.4, -0.2) is 17.1 Å². The normalized spacial score (nSPS) is 25.5. The number of hydrogen-bond acceptors (Lipinski definition) is 2. The highest BCUT2D eigenvalue weighted by Gasteiger charge is 2.33. The summed E-state index contributed by atoms with van der Waals surface area (Å²) in [7, 11) is 0. The Labute approximate surface area is 78.2 Å². The van der Waals surface area contributed by atoms with E-state index in [-0.39, 0.29) is 6.17 Å². The third-order valence-corrected chi connectivity index (χ3v) is 2.31. The first-order valence-electron chi connectivity index (χ1n) is 4.59. The summed E-state index contributed by atoms with van der Waals surface area (Å²) in [6.07, 6.45) is 6.01. The van der Waals surface area contributed by atoms with Gasteiger partial charge in [0.05, 0.1) is 5.57 Å². The van der Waals surface area contributed by atoms with Crippen molar-refractivity contribution in [3.63, 3.8) is 0 Å². The minimum atomic E-state index is 0.128. The van der Waals surface area contributed by atoms with Crippen LogP contribution in [0.1, 0.15) is 20.8 Å². The average Bonchev–Trinajstić information content (AvgIpc) is 2.46. The molecule has 0 amide bonds. The molecule has 0 aromatic rings. The molecule has 13 heavy (non-hydrogen) atoms. The zero-order valence-corrected chi connectivity index (χ0v) is 8.23. The van der Waals surface area contributed by atoms with Crippen molar-refractivity contribution < 1.29 is 4.70 Å². The predicted molar refractivity (Wildman–Crippen MR) is 51.6 cm³/mol. The van der Waals surface area contributed by atoms with Crippen molar-refractivity contribution in [3.05, 3.63) is 23.5 Å². The largest absolute Gasteiger partial charge is 0.300 e. The van der Waals surface area contributed by atoms with Gasteiger partial charge in [0.1, 0.15) is 6.20 Å². The fourth-order valence-corrected chi connectivity index (χ4v) is 1.55. The summed E-state index contributed by atoms with van der Waals surface area (Å²) in [6, 6.07) is 0. The molecular formula is C10H14N3+. The summed E-state index contributed by atoms with van der Waals surface area (Å²) in [4.78, 5) is 4.45. The molecule has 0 saturated heterocycles. The van der Waals surface area contributed by atoms with Crippen LogP contribution in [-0.2, 0) is 0 Å². The van der Waals surface area contributed by atoms with E-state index in [9.17, 15) is 0 Å². The fraction of sp³-hybridized carbons (Fsp3) is 0.500. The molecule has 0 aliphatic carbocycles. The van der Waals surface area contributed by atoms with Crippen LogP contribution in [0.15, 0.2) is 33.7 Å². The number of aliphatic imine (C=N–C) groups is 1. The second-order valence-electron chi connectivity index (χ2n) is 3.80. The lowest BCUT2D eigenvalue weighted by molar-refractivity contribution is -0.548. The highest BCUT2D eigenvalue weighted by atomic mass is 15.4. The van der Waals surface area contributed by atoms with Gasteiger partial charge in [0.25, 0.3) is 0 Å². The minimum absolute atomic E-state index is 0.128. The molecular weight excluding hydrogens is 162 g/mol. The highest BCUT2D eigenvalue weighted by molar-refractivity contribution is 5.78. The topological polar surface area (TPSA) is 27.7 Å². The number of hydrogen-bond donors (Lipinski definition) is 0. The zero-order chi connectivity index (χ0) is 9.42. The van der Waals surface area contributed by atoms with Gasteiger partial charge in [-0.2, -0.15) is 0 Å². The van der Waals surface area contributed by atoms with E-state index in [1.165, 1.54) is 5.57 Å². The quantitative estimate of drug-likeness (QED) is 0.548. The van der Waals surface area contributed by atoms with E-state index >= 15 is 0 Å². The van der Waals surface area contributed by atoms with Crippen LogP contribution in [0.2, 0.25) is 0 Å². The van der Waals surface area contributed by atoms with Gasteiger partial charge in [0.15, 0.2) is 0 Å². The van der Waals surface area contributed by atoms with Gasteiger partial charge in [-0.1, -0.05) is 18.5 Å². The van der Waals surface area contributed by atoms with Gasteiger partial charge in [0.2, 0.25) is 6.20 Å². The zero-order valence-electron chi connectivity index (χ0n) is 8.23. The Hall–Kier alpha value is -1.25. The lowest BCUT2D eigenvalue weighted by Crippen LogP contribution is -2.23. The summed E-state index contributed by atoms with van der Waals surface area (Å²) in [6.45, 7) is 6.37. The smallest absolute Gasteiger partial charge is 0.219 e. The highest BCUT2D eigenvalue weighted by Crippen LogP contribution is 2.25. The fourth-order valence-electron chi connectivity index (χ4n) is 1.55. The number of rotatable bonds is 1. The van der Waals surface area contributed by atoms with Crippen LogP contribution in [0.5, 0.6) is 0 Å². The lowest BCUT2D eigenvalue weighted by Gasteiger charge is -2.10. The molecule has 0 aromatic heterocycles. The Balaban J connectivity index is 2.28. The molecule has 2 aliphatic heterocycles. The molecule has 0 fully saturated rings. The molecule has 3 heteroatoms. The molecule has 0 bridgehead atoms. The summed E-state index contributed by atoms with van der Waals surface area (Å²) >= 11 is 0. The van der Waals surface area contributed by atoms with E-state index in [1.54, 1.807) is 0 Å². The maximum Gasteiger partial charge on any atom is 0.300 e. The number of azo groups is 2. The Bertz CT molecular complexity index is 345. The van der Waals surface area contributed by atoms with E-state index in [4.69, 9.17) is 0 Å². The molecule has 2 heterocycles. The molecule has 3 nitrogen and oxygen atoms in total. The van der Waals surface area contributed by atoms with Crippen molar-refractivity contribution in [3.8, 4) is 0 Å². The molecule has 68 valence electrons. The van der Waals surface area contributed by atoms with Crippen LogP contribution in [0.25, 0.3) is 0 Å². The Morgan fingerprint density at radius 1 is 1.46 bits per heavy atom. The molecule has 0 N–H and O–H groups in total. The second kappa shape index (κ2) is 2.91. The van der Waals surface area contributed by atoms with E-state index in [2.05, 4.69) is 24.0 Å². The predicted octanol–water partition coefficient (Wildman–Crippen LogP) is 2.32. The molecule has 0 aromatic carbocycles. The van der Waals surface area contributed by atoms with E-state index < -0.39 is 0 Å². The Kier molecular flexibility index (Phi) is 1.87. The molecule has 1 unspecified atom stereocenters. The van der Waals surface area contributed by atoms with Crippen LogP contribution in [0.4, 0.5) is 0 Å². The van der Waals surface area contributed by atoms with Gasteiger partial charge in [0, 0.05) is 11.8 Å². The third kappa shape index (κ3) is 1.34. The van der Waals surface area contributed by atoms with Gasteiger partial charge in [-0.15, -0.1) is 0 Å². The van der Waals surface area contributed by atoms with E-state index in [1.807, 2.05) is 30.2 Å². The molecule has 0 saturated carbocycles. The van der Waals surface area contributed by atoms with Crippen molar-refractivity contribution in [2.75, 3.05) is 0 Å². The molecule has 0 radical (unpaired) electrons. The first-order valence-corrected chi connectivity index (χ1v) is 4.59. The van der Waals surface area contributed by atoms with E-state index in [0.717, 1.165) is 5.57 Å². The van der Waals surface area contributed by atoms with Crippen molar-refractivity contribution in [1.29, 1.82) is 0 Å². The Morgan fingerprint density at radius 2 is 2.23 bits per heavy atom. The van der Waals surface area contributed by atoms with E-state index in [0.29, 0.717) is 5.92 Å². The summed E-state index contributed by atoms with van der Waals surface area (Å²) in [5, 5.41) is 4.29.